The van der Waals surface area contributed by atoms with Crippen molar-refractivity contribution in [1.29, 1.82) is 0 Å². The summed E-state index contributed by atoms with van der Waals surface area (Å²) in [5.74, 6) is 0. The summed E-state index contributed by atoms with van der Waals surface area (Å²) in [6, 6.07) is 19.5. The minimum atomic E-state index is 1.21. The molecule has 0 aliphatic carbocycles. The summed E-state index contributed by atoms with van der Waals surface area (Å²) in [5, 5.41) is 8.88. The lowest BCUT2D eigenvalue weighted by molar-refractivity contribution is 1.57. The number of thiophene rings is 1. The maximum Gasteiger partial charge on any atom is 0.0559 e. The molecule has 2 heteroatoms. The Kier molecular flexibility index (Phi) is 1.89. The van der Waals surface area contributed by atoms with E-state index in [1.807, 2.05) is 11.3 Å². The second kappa shape index (κ2) is 3.62. The van der Waals surface area contributed by atoms with Gasteiger partial charge in [0.05, 0.1) is 5.52 Å². The maximum atomic E-state index is 3.61. The highest BCUT2D eigenvalue weighted by molar-refractivity contribution is 7.18. The number of aromatic nitrogens is 1. The highest BCUT2D eigenvalue weighted by atomic mass is 32.1. The highest BCUT2D eigenvalue weighted by Crippen LogP contribution is 2.40. The average molecular weight is 273 g/mol. The second-order valence-corrected chi connectivity index (χ2v) is 6.05. The van der Waals surface area contributed by atoms with Crippen molar-refractivity contribution in [2.75, 3.05) is 0 Å². The Morgan fingerprint density at radius 3 is 2.35 bits per heavy atom. The van der Waals surface area contributed by atoms with Crippen LogP contribution in [0.5, 0.6) is 0 Å². The van der Waals surface area contributed by atoms with E-state index in [1.165, 1.54) is 42.7 Å². The largest absolute Gasteiger partial charge is 0.354 e. The van der Waals surface area contributed by atoms with E-state index in [4.69, 9.17) is 0 Å². The molecule has 0 saturated carbocycles. The zero-order valence-corrected chi connectivity index (χ0v) is 11.5. The molecule has 3 aromatic carbocycles. The first-order valence-electron chi connectivity index (χ1n) is 6.72. The number of para-hydroxylation sites is 1. The van der Waals surface area contributed by atoms with Crippen LogP contribution in [-0.2, 0) is 0 Å². The lowest BCUT2D eigenvalue weighted by Crippen LogP contribution is -1.76. The average Bonchev–Trinajstić information content (AvgIpc) is 3.12. The Balaban J connectivity index is 2.27. The molecule has 5 rings (SSSR count). The Morgan fingerprint density at radius 2 is 1.45 bits per heavy atom. The number of benzene rings is 3. The van der Waals surface area contributed by atoms with Crippen molar-refractivity contribution >= 4 is 54.0 Å². The predicted octanol–water partition coefficient (Wildman–Crippen LogP) is 5.69. The molecule has 5 aromatic rings. The molecular weight excluding hydrogens is 262 g/mol. The summed E-state index contributed by atoms with van der Waals surface area (Å²) >= 11 is 1.82. The van der Waals surface area contributed by atoms with E-state index < -0.39 is 0 Å². The van der Waals surface area contributed by atoms with E-state index in [1.54, 1.807) is 0 Å². The molecule has 1 N–H and O–H groups in total. The standard InChI is InChI=1S/C18H11NS/c1-2-6-12-11(5-1)16-13-7-3-4-8-15(13)19-17(16)14-9-10-20-18(12)14/h1-10,19H. The van der Waals surface area contributed by atoms with Crippen molar-refractivity contribution in [2.45, 2.75) is 0 Å². The zero-order valence-electron chi connectivity index (χ0n) is 10.7. The quantitative estimate of drug-likeness (QED) is 0.373. The molecule has 0 radical (unpaired) electrons. The molecule has 0 atom stereocenters. The van der Waals surface area contributed by atoms with Gasteiger partial charge in [-0.05, 0) is 22.9 Å². The molecule has 2 heterocycles. The van der Waals surface area contributed by atoms with Crippen LogP contribution < -0.4 is 0 Å². The van der Waals surface area contributed by atoms with Gasteiger partial charge in [0.25, 0.3) is 0 Å². The van der Waals surface area contributed by atoms with Gasteiger partial charge < -0.3 is 4.98 Å². The van der Waals surface area contributed by atoms with Gasteiger partial charge in [-0.2, -0.15) is 0 Å². The molecule has 0 aliphatic heterocycles. The van der Waals surface area contributed by atoms with E-state index in [2.05, 4.69) is 65.0 Å². The first-order chi connectivity index (χ1) is 9.93. The van der Waals surface area contributed by atoms with Gasteiger partial charge in [0.1, 0.15) is 0 Å². The van der Waals surface area contributed by atoms with E-state index in [0.29, 0.717) is 0 Å². The number of aromatic amines is 1. The number of rotatable bonds is 0. The van der Waals surface area contributed by atoms with E-state index in [9.17, 15) is 0 Å². The number of hydrogen-bond acceptors (Lipinski definition) is 1. The van der Waals surface area contributed by atoms with Crippen molar-refractivity contribution < 1.29 is 0 Å². The van der Waals surface area contributed by atoms with Crippen LogP contribution in [0.1, 0.15) is 0 Å². The molecule has 0 aliphatic rings. The van der Waals surface area contributed by atoms with Crippen LogP contribution in [0.25, 0.3) is 42.7 Å². The third-order valence-corrected chi connectivity index (χ3v) is 5.03. The number of hydrogen-bond donors (Lipinski definition) is 1. The smallest absolute Gasteiger partial charge is 0.0559 e. The topological polar surface area (TPSA) is 15.8 Å². The molecule has 20 heavy (non-hydrogen) atoms. The summed E-state index contributed by atoms with van der Waals surface area (Å²) in [6.07, 6.45) is 0. The van der Waals surface area contributed by atoms with Crippen molar-refractivity contribution in [3.8, 4) is 0 Å². The molecule has 0 spiro atoms. The normalized spacial score (nSPS) is 12.0. The molecule has 2 aromatic heterocycles. The fourth-order valence-electron chi connectivity index (χ4n) is 3.24. The van der Waals surface area contributed by atoms with Gasteiger partial charge in [-0.15, -0.1) is 11.3 Å². The highest BCUT2D eigenvalue weighted by Gasteiger charge is 2.13. The number of nitrogens with one attached hydrogen (secondary N) is 1. The van der Waals surface area contributed by atoms with Gasteiger partial charge in [-0.25, -0.2) is 0 Å². The Hall–Kier alpha value is -2.32. The van der Waals surface area contributed by atoms with Gasteiger partial charge in [-0.3, -0.25) is 0 Å². The molecule has 0 unspecified atom stereocenters. The van der Waals surface area contributed by atoms with E-state index in [-0.39, 0.29) is 0 Å². The lowest BCUT2D eigenvalue weighted by Gasteiger charge is -2.03. The molecule has 0 amide bonds. The maximum absolute atomic E-state index is 3.61. The third kappa shape index (κ3) is 1.17. The van der Waals surface area contributed by atoms with Crippen LogP contribution in [0.2, 0.25) is 0 Å². The third-order valence-electron chi connectivity index (χ3n) is 4.08. The van der Waals surface area contributed by atoms with Crippen molar-refractivity contribution in [1.82, 2.24) is 4.98 Å². The van der Waals surface area contributed by atoms with Crippen LogP contribution >= 0.6 is 11.3 Å². The van der Waals surface area contributed by atoms with Crippen LogP contribution in [-0.4, -0.2) is 4.98 Å². The Bertz CT molecular complexity index is 1090. The minimum absolute atomic E-state index is 1.21. The summed E-state index contributed by atoms with van der Waals surface area (Å²) < 4.78 is 1.37. The van der Waals surface area contributed by atoms with Gasteiger partial charge in [-0.1, -0.05) is 42.5 Å². The van der Waals surface area contributed by atoms with Gasteiger partial charge in [0.15, 0.2) is 0 Å². The van der Waals surface area contributed by atoms with Crippen molar-refractivity contribution in [3.05, 3.63) is 60.0 Å². The zero-order chi connectivity index (χ0) is 13.1. The molecule has 1 nitrogen and oxygen atoms in total. The molecular formula is C18H11NS. The second-order valence-electron chi connectivity index (χ2n) is 5.13. The fraction of sp³-hybridized carbons (Fsp3) is 0. The summed E-state index contributed by atoms with van der Waals surface area (Å²) in [5.41, 5.74) is 2.48. The number of H-pyrrole nitrogens is 1. The summed E-state index contributed by atoms with van der Waals surface area (Å²) in [4.78, 5) is 3.61. The minimum Gasteiger partial charge on any atom is -0.354 e. The van der Waals surface area contributed by atoms with E-state index in [0.717, 1.165) is 0 Å². The van der Waals surface area contributed by atoms with Gasteiger partial charge in [0, 0.05) is 31.8 Å². The molecule has 0 saturated heterocycles. The van der Waals surface area contributed by atoms with Crippen LogP contribution in [0.3, 0.4) is 0 Å². The SMILES string of the molecule is c1ccc2c(c1)[nH]c1c3ccsc3c3ccccc3c21. The van der Waals surface area contributed by atoms with Crippen LogP contribution in [0, 0.1) is 0 Å². The molecule has 0 bridgehead atoms. The molecule has 0 fully saturated rings. The lowest BCUT2D eigenvalue weighted by atomic mass is 10.0. The summed E-state index contributed by atoms with van der Waals surface area (Å²) in [6.45, 7) is 0. The monoisotopic (exact) mass is 273 g/mol. The Labute approximate surface area is 119 Å². The van der Waals surface area contributed by atoms with Crippen LogP contribution in [0.15, 0.2) is 60.0 Å². The Morgan fingerprint density at radius 1 is 0.700 bits per heavy atom. The predicted molar refractivity (Wildman–Crippen MR) is 88.7 cm³/mol. The van der Waals surface area contributed by atoms with E-state index >= 15 is 0 Å². The summed E-state index contributed by atoms with van der Waals surface area (Å²) in [7, 11) is 0. The first kappa shape index (κ1) is 10.5. The first-order valence-corrected chi connectivity index (χ1v) is 7.60. The fourth-order valence-corrected chi connectivity index (χ4v) is 4.18. The molecule has 94 valence electrons. The van der Waals surface area contributed by atoms with Crippen LogP contribution in [0.4, 0.5) is 0 Å². The van der Waals surface area contributed by atoms with Gasteiger partial charge in [0.2, 0.25) is 0 Å². The van der Waals surface area contributed by atoms with Crippen molar-refractivity contribution in [3.63, 3.8) is 0 Å². The number of fused-ring (bicyclic) bond motifs is 8. The van der Waals surface area contributed by atoms with Crippen molar-refractivity contribution in [2.24, 2.45) is 0 Å². The van der Waals surface area contributed by atoms with Gasteiger partial charge >= 0.3 is 0 Å².